The van der Waals surface area contributed by atoms with Crippen molar-refractivity contribution in [1.29, 1.82) is 0 Å². The molecule has 0 atom stereocenters. The topological polar surface area (TPSA) is 13.1 Å². The van der Waals surface area contributed by atoms with Crippen LogP contribution in [0.25, 0.3) is 87.6 Å². The second kappa shape index (κ2) is 11.4. The second-order valence-corrected chi connectivity index (χ2v) is 15.1. The minimum atomic E-state index is 0.924. The van der Waals surface area contributed by atoms with Crippen molar-refractivity contribution in [2.24, 2.45) is 0 Å². The van der Waals surface area contributed by atoms with Gasteiger partial charge in [-0.2, -0.15) is 0 Å². The van der Waals surface area contributed by atoms with E-state index in [4.69, 9.17) is 4.42 Å². The highest BCUT2D eigenvalue weighted by molar-refractivity contribution is 6.70. The Hall–Kier alpha value is -4.75. The number of hydrogen-bond donors (Lipinski definition) is 0. The summed E-state index contributed by atoms with van der Waals surface area (Å²) in [5.41, 5.74) is 23.3. The van der Waals surface area contributed by atoms with Crippen molar-refractivity contribution in [2.75, 3.05) is 0 Å². The lowest BCUT2D eigenvalue weighted by molar-refractivity contribution is 0.669. The van der Waals surface area contributed by atoms with Gasteiger partial charge in [0.2, 0.25) is 0 Å². The predicted molar refractivity (Wildman–Crippen MR) is 256 cm³/mol. The summed E-state index contributed by atoms with van der Waals surface area (Å²) in [7, 11) is 22.6. The highest BCUT2D eigenvalue weighted by Gasteiger charge is 2.21. The maximum atomic E-state index is 6.68. The molecular weight excluding hydrogens is 605 g/mol. The van der Waals surface area contributed by atoms with Gasteiger partial charge in [-0.1, -0.05) is 88.6 Å². The molecule has 1 nitrogen and oxygen atoms in total. The van der Waals surface area contributed by atoms with E-state index in [9.17, 15) is 0 Å². The minimum absolute atomic E-state index is 0.924. The molecule has 0 aliphatic rings. The normalized spacial score (nSPS) is 11.9. The summed E-state index contributed by atoms with van der Waals surface area (Å²) in [4.78, 5) is 0. The van der Waals surface area contributed by atoms with Gasteiger partial charge < -0.3 is 4.42 Å². The van der Waals surface area contributed by atoms with Gasteiger partial charge in [-0.3, -0.25) is 0 Å². The molecule has 0 N–H and O–H groups in total. The molecule has 8 aromatic carbocycles. The zero-order chi connectivity index (χ0) is 35.6. The lowest BCUT2D eigenvalue weighted by Gasteiger charge is -2.23. The van der Waals surface area contributed by atoms with Crippen LogP contribution < -0.4 is 54.6 Å². The van der Waals surface area contributed by atoms with Crippen LogP contribution in [0.5, 0.6) is 0 Å². The van der Waals surface area contributed by atoms with Crippen LogP contribution >= 0.6 is 0 Å². The lowest BCUT2D eigenvalue weighted by atomic mass is 9.59. The van der Waals surface area contributed by atoms with Crippen LogP contribution in [0.2, 0.25) is 0 Å². The molecule has 0 saturated heterocycles. The Kier molecular flexibility index (Phi) is 7.18. The standard InChI is InChI=1S/C40H34B10O/c41-31-28(32(42)36(46)39(49)35(31)45)17-8-13-23-25(14-17)51-24-3-1-2-19(29(23)24)18-9-4-15-6-11-21-22(12-7-16-5-10-20(18)26(15)27(16)21)30-33(43)37(47)40(50)38(48)34(30)44/h1-14H,41-50H2. The third-order valence-corrected chi connectivity index (χ3v) is 13.0. The smallest absolute Gasteiger partial charge is 0.139 e. The molecular formula is C40H34B10O. The number of fused-ring (bicyclic) bond motifs is 3. The van der Waals surface area contributed by atoms with Crippen LogP contribution in [0.3, 0.4) is 0 Å². The summed E-state index contributed by atoms with van der Waals surface area (Å²) in [6.07, 6.45) is 0. The third-order valence-electron chi connectivity index (χ3n) is 13.0. The predicted octanol–water partition coefficient (Wildman–Crippen LogP) is -5.93. The summed E-state index contributed by atoms with van der Waals surface area (Å²) in [6, 6.07) is 32.0. The van der Waals surface area contributed by atoms with E-state index in [-0.39, 0.29) is 0 Å². The van der Waals surface area contributed by atoms with E-state index in [1.54, 1.807) is 0 Å². The van der Waals surface area contributed by atoms with Crippen molar-refractivity contribution >= 4 is 187 Å². The molecule has 0 unspecified atom stereocenters. The van der Waals surface area contributed by atoms with E-state index in [0.29, 0.717) is 0 Å². The van der Waals surface area contributed by atoms with Crippen molar-refractivity contribution in [1.82, 2.24) is 0 Å². The maximum Gasteiger partial charge on any atom is 0.139 e. The van der Waals surface area contributed by atoms with Crippen molar-refractivity contribution in [3.63, 3.8) is 0 Å². The number of benzene rings is 8. The van der Waals surface area contributed by atoms with Crippen LogP contribution in [-0.4, -0.2) is 78.5 Å². The Bertz CT molecular complexity index is 2920. The van der Waals surface area contributed by atoms with Crippen molar-refractivity contribution in [3.05, 3.63) is 84.9 Å². The van der Waals surface area contributed by atoms with Gasteiger partial charge in [-0.25, -0.2) is 0 Å². The quantitative estimate of drug-likeness (QED) is 0.139. The molecule has 9 aromatic rings. The first-order chi connectivity index (χ1) is 24.5. The van der Waals surface area contributed by atoms with Crippen LogP contribution in [0.4, 0.5) is 0 Å². The molecule has 1 aromatic heterocycles. The summed E-state index contributed by atoms with van der Waals surface area (Å²) in [6.45, 7) is 0. The van der Waals surface area contributed by atoms with E-state index in [1.807, 2.05) is 0 Å². The zero-order valence-electron chi connectivity index (χ0n) is 31.5. The Balaban J connectivity index is 1.29. The lowest BCUT2D eigenvalue weighted by Crippen LogP contribution is -2.55. The zero-order valence-corrected chi connectivity index (χ0v) is 31.5. The Morgan fingerprint density at radius 3 is 1.39 bits per heavy atom. The molecule has 0 amide bonds. The maximum absolute atomic E-state index is 6.68. The monoisotopic (exact) mass is 640 g/mol. The molecule has 0 aliphatic carbocycles. The average molecular weight is 639 g/mol. The van der Waals surface area contributed by atoms with E-state index in [1.165, 1.54) is 126 Å². The Morgan fingerprint density at radius 1 is 0.333 bits per heavy atom. The van der Waals surface area contributed by atoms with Gasteiger partial charge >= 0.3 is 0 Å². The van der Waals surface area contributed by atoms with Crippen LogP contribution in [-0.2, 0) is 0 Å². The number of furan rings is 1. The molecule has 1 heterocycles. The largest absolute Gasteiger partial charge is 0.456 e. The summed E-state index contributed by atoms with van der Waals surface area (Å²) < 4.78 is 6.68. The van der Waals surface area contributed by atoms with Crippen LogP contribution in [0.15, 0.2) is 89.3 Å². The molecule has 9 rings (SSSR count). The second-order valence-electron chi connectivity index (χ2n) is 15.1. The first-order valence-corrected chi connectivity index (χ1v) is 18.3. The van der Waals surface area contributed by atoms with E-state index in [0.717, 1.165) is 16.6 Å². The molecule has 0 saturated carbocycles. The summed E-state index contributed by atoms with van der Waals surface area (Å²) in [5.74, 6) is 0. The average Bonchev–Trinajstić information content (AvgIpc) is 3.52. The first kappa shape index (κ1) is 32.2. The molecule has 0 fully saturated rings. The fourth-order valence-corrected chi connectivity index (χ4v) is 9.30. The summed E-state index contributed by atoms with van der Waals surface area (Å²) >= 11 is 0. The molecule has 0 radical (unpaired) electrons. The molecule has 11 heteroatoms. The third kappa shape index (κ3) is 4.43. The van der Waals surface area contributed by atoms with E-state index < -0.39 is 0 Å². The SMILES string of the molecule is Bc1c(B)c(B)c(-c2ccc3c(c2)oc2cccc(-c4ccc5ccc6c(-c7c(B)c(B)c(B)c(B)c7B)ccc7ccc4c5c76)c23)c(B)c1B. The highest BCUT2D eigenvalue weighted by Crippen LogP contribution is 2.44. The number of hydrogen-bond acceptors (Lipinski definition) is 1. The van der Waals surface area contributed by atoms with E-state index >= 15 is 0 Å². The van der Waals surface area contributed by atoms with Crippen molar-refractivity contribution in [3.8, 4) is 33.4 Å². The highest BCUT2D eigenvalue weighted by atomic mass is 16.3. The van der Waals surface area contributed by atoms with Crippen LogP contribution in [0, 0.1) is 0 Å². The fourth-order valence-electron chi connectivity index (χ4n) is 9.30. The van der Waals surface area contributed by atoms with Gasteiger partial charge in [0.15, 0.2) is 0 Å². The molecule has 0 aliphatic heterocycles. The van der Waals surface area contributed by atoms with Gasteiger partial charge in [0, 0.05) is 10.8 Å². The first-order valence-electron chi connectivity index (χ1n) is 18.3. The van der Waals surface area contributed by atoms with Crippen molar-refractivity contribution in [2.45, 2.75) is 0 Å². The van der Waals surface area contributed by atoms with Gasteiger partial charge in [0.05, 0.1) is 0 Å². The fraction of sp³-hybridized carbons (Fsp3) is 0. The van der Waals surface area contributed by atoms with Gasteiger partial charge in [-0.05, 0) is 83.9 Å². The molecule has 230 valence electrons. The van der Waals surface area contributed by atoms with Crippen LogP contribution in [0.1, 0.15) is 0 Å². The van der Waals surface area contributed by atoms with Crippen molar-refractivity contribution < 1.29 is 4.42 Å². The summed E-state index contributed by atoms with van der Waals surface area (Å²) in [5, 5.41) is 10.2. The molecule has 51 heavy (non-hydrogen) atoms. The Morgan fingerprint density at radius 2 is 0.804 bits per heavy atom. The van der Waals surface area contributed by atoms with Gasteiger partial charge in [-0.15, -0.1) is 32.8 Å². The van der Waals surface area contributed by atoms with Gasteiger partial charge in [0.25, 0.3) is 0 Å². The van der Waals surface area contributed by atoms with E-state index in [2.05, 4.69) is 163 Å². The Labute approximate surface area is 308 Å². The molecule has 0 bridgehead atoms. The minimum Gasteiger partial charge on any atom is -0.456 e. The molecule has 0 spiro atoms. The number of rotatable bonds is 3. The van der Waals surface area contributed by atoms with Gasteiger partial charge in [0.1, 0.15) is 89.6 Å².